The zero-order chi connectivity index (χ0) is 12.6. The second-order valence-corrected chi connectivity index (χ2v) is 4.89. The van der Waals surface area contributed by atoms with Gasteiger partial charge in [0, 0.05) is 17.2 Å². The van der Waals surface area contributed by atoms with Gasteiger partial charge in [0.25, 0.3) is 0 Å². The minimum atomic E-state index is 0.182. The highest BCUT2D eigenvalue weighted by atomic mass is 35.5. The van der Waals surface area contributed by atoms with Crippen LogP contribution in [0.2, 0.25) is 5.02 Å². The maximum absolute atomic E-state index is 10.3. The average molecular weight is 256 g/mol. The van der Waals surface area contributed by atoms with Crippen molar-refractivity contribution in [3.63, 3.8) is 0 Å². The van der Waals surface area contributed by atoms with Crippen molar-refractivity contribution >= 4 is 11.6 Å². The van der Waals surface area contributed by atoms with Crippen LogP contribution in [0.4, 0.5) is 0 Å². The van der Waals surface area contributed by atoms with Crippen molar-refractivity contribution in [1.29, 1.82) is 0 Å². The smallest absolute Gasteiger partial charge is 0.165 e. The van der Waals surface area contributed by atoms with E-state index in [-0.39, 0.29) is 11.8 Å². The molecule has 94 valence electrons. The maximum atomic E-state index is 10.3. The number of rotatable bonds is 2. The Morgan fingerprint density at radius 3 is 2.59 bits per heavy atom. The Kier molecular flexibility index (Phi) is 3.50. The van der Waals surface area contributed by atoms with Crippen molar-refractivity contribution in [2.75, 3.05) is 13.7 Å². The molecule has 1 aliphatic heterocycles. The lowest BCUT2D eigenvalue weighted by atomic mass is 9.96. The van der Waals surface area contributed by atoms with Crippen LogP contribution in [0.25, 0.3) is 0 Å². The molecule has 2 rings (SSSR count). The number of ether oxygens (including phenoxy) is 1. The van der Waals surface area contributed by atoms with Gasteiger partial charge in [0.1, 0.15) is 0 Å². The fourth-order valence-electron chi connectivity index (χ4n) is 2.58. The molecule has 1 aromatic carbocycles. The second kappa shape index (κ2) is 4.75. The molecule has 3 nitrogen and oxygen atoms in total. The molecule has 1 unspecified atom stereocenters. The molecule has 0 aliphatic carbocycles. The number of benzene rings is 1. The molecule has 1 heterocycles. The van der Waals surface area contributed by atoms with E-state index in [9.17, 15) is 5.11 Å². The lowest BCUT2D eigenvalue weighted by molar-refractivity contribution is 0.364. The summed E-state index contributed by atoms with van der Waals surface area (Å²) in [6.45, 7) is 4.79. The molecule has 0 bridgehead atoms. The quantitative estimate of drug-likeness (QED) is 0.853. The number of methoxy groups -OCH3 is 1. The summed E-state index contributed by atoms with van der Waals surface area (Å²) in [7, 11) is 1.56. The van der Waals surface area contributed by atoms with Gasteiger partial charge >= 0.3 is 0 Å². The van der Waals surface area contributed by atoms with E-state index < -0.39 is 0 Å². The van der Waals surface area contributed by atoms with Crippen LogP contribution in [0.1, 0.15) is 35.6 Å². The molecule has 2 N–H and O–H groups in total. The van der Waals surface area contributed by atoms with Gasteiger partial charge in [-0.15, -0.1) is 0 Å². The first-order valence-corrected chi connectivity index (χ1v) is 6.24. The highest BCUT2D eigenvalue weighted by Gasteiger charge is 2.26. The Morgan fingerprint density at radius 1 is 1.35 bits per heavy atom. The van der Waals surface area contributed by atoms with Crippen molar-refractivity contribution in [3.05, 3.63) is 21.7 Å². The first kappa shape index (κ1) is 12.5. The Hall–Kier alpha value is -0.930. The molecule has 1 aromatic rings. The van der Waals surface area contributed by atoms with Gasteiger partial charge in [0.15, 0.2) is 11.5 Å². The Morgan fingerprint density at radius 2 is 2.06 bits per heavy atom. The summed E-state index contributed by atoms with van der Waals surface area (Å²) in [5.74, 6) is 0.718. The minimum absolute atomic E-state index is 0.182. The van der Waals surface area contributed by atoms with E-state index in [2.05, 4.69) is 5.32 Å². The number of hydrogen-bond acceptors (Lipinski definition) is 3. The summed E-state index contributed by atoms with van der Waals surface area (Å²) in [6.07, 6.45) is 2.15. The topological polar surface area (TPSA) is 41.5 Å². The number of halogens is 1. The number of phenols is 1. The van der Waals surface area contributed by atoms with Crippen molar-refractivity contribution in [2.24, 2.45) is 0 Å². The fraction of sp³-hybridized carbons (Fsp3) is 0.538. The lowest BCUT2D eigenvalue weighted by Gasteiger charge is -2.21. The van der Waals surface area contributed by atoms with Crippen LogP contribution in [0.3, 0.4) is 0 Å². The molecule has 0 spiro atoms. The number of hydrogen-bond donors (Lipinski definition) is 2. The van der Waals surface area contributed by atoms with Crippen LogP contribution >= 0.6 is 11.6 Å². The van der Waals surface area contributed by atoms with E-state index in [0.717, 1.165) is 36.1 Å². The van der Waals surface area contributed by atoms with E-state index in [1.807, 2.05) is 13.8 Å². The van der Waals surface area contributed by atoms with Gasteiger partial charge in [-0.3, -0.25) is 0 Å². The second-order valence-electron chi connectivity index (χ2n) is 4.51. The van der Waals surface area contributed by atoms with Crippen molar-refractivity contribution in [1.82, 2.24) is 5.32 Å². The van der Waals surface area contributed by atoms with Crippen LogP contribution in [-0.2, 0) is 0 Å². The summed E-state index contributed by atoms with van der Waals surface area (Å²) in [5, 5.41) is 14.4. The third-order valence-electron chi connectivity index (χ3n) is 3.49. The van der Waals surface area contributed by atoms with Gasteiger partial charge in [0.2, 0.25) is 0 Å². The first-order valence-electron chi connectivity index (χ1n) is 5.86. The molecule has 1 aliphatic rings. The monoisotopic (exact) mass is 255 g/mol. The molecule has 4 heteroatoms. The normalized spacial score (nSPS) is 19.6. The van der Waals surface area contributed by atoms with Crippen molar-refractivity contribution in [2.45, 2.75) is 32.7 Å². The van der Waals surface area contributed by atoms with Crippen LogP contribution in [0.15, 0.2) is 0 Å². The summed E-state index contributed by atoms with van der Waals surface area (Å²) in [6, 6.07) is 0.182. The predicted molar refractivity (Wildman–Crippen MR) is 69.1 cm³/mol. The number of aromatic hydroxyl groups is 1. The van der Waals surface area contributed by atoms with Gasteiger partial charge in [-0.2, -0.15) is 0 Å². The molecule has 1 atom stereocenters. The predicted octanol–water partition coefficient (Wildman–Crippen LogP) is 3.10. The Balaban J connectivity index is 2.61. The maximum Gasteiger partial charge on any atom is 0.165 e. The number of nitrogens with one attached hydrogen (secondary N) is 1. The van der Waals surface area contributed by atoms with E-state index in [4.69, 9.17) is 16.3 Å². The van der Waals surface area contributed by atoms with E-state index in [0.29, 0.717) is 10.8 Å². The average Bonchev–Trinajstić information content (AvgIpc) is 2.81. The highest BCUT2D eigenvalue weighted by Crippen LogP contribution is 2.45. The Labute approximate surface area is 107 Å². The van der Waals surface area contributed by atoms with Crippen molar-refractivity contribution < 1.29 is 9.84 Å². The summed E-state index contributed by atoms with van der Waals surface area (Å²) in [4.78, 5) is 0. The van der Waals surface area contributed by atoms with Gasteiger partial charge < -0.3 is 15.2 Å². The molecule has 0 amide bonds. The van der Waals surface area contributed by atoms with Gasteiger partial charge in [-0.05, 0) is 38.8 Å². The summed E-state index contributed by atoms with van der Waals surface area (Å²) >= 11 is 6.30. The van der Waals surface area contributed by atoms with Gasteiger partial charge in [-0.25, -0.2) is 0 Å². The molecule has 17 heavy (non-hydrogen) atoms. The van der Waals surface area contributed by atoms with Crippen LogP contribution in [-0.4, -0.2) is 18.8 Å². The minimum Gasteiger partial charge on any atom is -0.504 e. The zero-order valence-corrected chi connectivity index (χ0v) is 11.2. The first-order chi connectivity index (χ1) is 8.07. The molecular formula is C13H18ClNO2. The van der Waals surface area contributed by atoms with Crippen LogP contribution < -0.4 is 10.1 Å². The lowest BCUT2D eigenvalue weighted by Crippen LogP contribution is -2.15. The number of phenolic OH excluding ortho intramolecular Hbond substituents is 1. The van der Waals surface area contributed by atoms with Crippen LogP contribution in [0, 0.1) is 13.8 Å². The fourth-order valence-corrected chi connectivity index (χ4v) is 2.77. The SMILES string of the molecule is COc1c(C)c(Cl)c(C)c(C2CCCN2)c1O. The van der Waals surface area contributed by atoms with Crippen molar-refractivity contribution in [3.8, 4) is 11.5 Å². The van der Waals surface area contributed by atoms with Gasteiger partial charge in [-0.1, -0.05) is 11.6 Å². The van der Waals surface area contributed by atoms with Crippen LogP contribution in [0.5, 0.6) is 11.5 Å². The third-order valence-corrected chi connectivity index (χ3v) is 4.05. The molecule has 0 radical (unpaired) electrons. The molecule has 0 saturated carbocycles. The molecule has 0 aromatic heterocycles. The third kappa shape index (κ3) is 1.98. The highest BCUT2D eigenvalue weighted by molar-refractivity contribution is 6.32. The van der Waals surface area contributed by atoms with Gasteiger partial charge in [0.05, 0.1) is 12.1 Å². The van der Waals surface area contributed by atoms with E-state index >= 15 is 0 Å². The van der Waals surface area contributed by atoms with E-state index in [1.165, 1.54) is 0 Å². The standard InChI is InChI=1S/C13H18ClNO2/c1-7-10(9-5-4-6-15-9)12(16)13(17-3)8(2)11(7)14/h9,15-16H,4-6H2,1-3H3. The summed E-state index contributed by atoms with van der Waals surface area (Å²) in [5.41, 5.74) is 2.63. The largest absolute Gasteiger partial charge is 0.504 e. The molecule has 1 fully saturated rings. The van der Waals surface area contributed by atoms with E-state index in [1.54, 1.807) is 7.11 Å². The Bertz CT molecular complexity index is 440. The molecule has 1 saturated heterocycles. The zero-order valence-electron chi connectivity index (χ0n) is 10.4. The molecular weight excluding hydrogens is 238 g/mol. The summed E-state index contributed by atoms with van der Waals surface area (Å²) < 4.78 is 5.25.